The summed E-state index contributed by atoms with van der Waals surface area (Å²) in [5.74, 6) is 0. The van der Waals surface area contributed by atoms with Crippen LogP contribution in [0.5, 0.6) is 0 Å². The molecule has 1 aliphatic heterocycles. The third kappa shape index (κ3) is 4.65. The van der Waals surface area contributed by atoms with Crippen LogP contribution in [0, 0.1) is 0 Å². The number of hydrogen-bond acceptors (Lipinski definition) is 3. The molecule has 0 saturated carbocycles. The van der Waals surface area contributed by atoms with E-state index < -0.39 is 16.8 Å². The molecule has 0 aliphatic carbocycles. The minimum absolute atomic E-state index is 0.181. The molecule has 1 fully saturated rings. The van der Waals surface area contributed by atoms with Crippen molar-refractivity contribution in [3.05, 3.63) is 69.7 Å². The lowest BCUT2D eigenvalue weighted by atomic mass is 9.99. The van der Waals surface area contributed by atoms with Gasteiger partial charge in [-0.25, -0.2) is 4.79 Å². The molecule has 29 heavy (non-hydrogen) atoms. The van der Waals surface area contributed by atoms with Crippen LogP contribution >= 0.6 is 34.8 Å². The first-order valence-electron chi connectivity index (χ1n) is 9.24. The average molecular weight is 458 g/mol. The number of amides is 2. The van der Waals surface area contributed by atoms with Crippen LogP contribution in [-0.4, -0.2) is 41.0 Å². The van der Waals surface area contributed by atoms with Gasteiger partial charge in [-0.05, 0) is 19.9 Å². The van der Waals surface area contributed by atoms with Gasteiger partial charge in [0.2, 0.25) is 0 Å². The molecule has 3 rings (SSSR count). The molecular formula is C21H23Cl3N2O3. The quantitative estimate of drug-likeness (QED) is 0.603. The third-order valence-electron chi connectivity index (χ3n) is 4.81. The number of nitrogens with one attached hydrogen (secondary N) is 1. The molecule has 1 saturated heterocycles. The van der Waals surface area contributed by atoms with Gasteiger partial charge in [0.1, 0.15) is 6.23 Å². The number of urea groups is 1. The largest absolute Gasteiger partial charge is 0.394 e. The van der Waals surface area contributed by atoms with Crippen LogP contribution in [0.25, 0.3) is 0 Å². The van der Waals surface area contributed by atoms with Crippen LogP contribution in [0.3, 0.4) is 0 Å². The Bertz CT molecular complexity index is 879. The maximum atomic E-state index is 12.6. The Kier molecular flexibility index (Phi) is 6.66. The molecule has 2 aromatic carbocycles. The van der Waals surface area contributed by atoms with Crippen molar-refractivity contribution in [2.75, 3.05) is 13.2 Å². The Morgan fingerprint density at radius 3 is 2.48 bits per heavy atom. The number of nitrogens with zero attached hydrogens (tertiary/aromatic N) is 1. The summed E-state index contributed by atoms with van der Waals surface area (Å²) in [4.78, 5) is 14.2. The van der Waals surface area contributed by atoms with E-state index >= 15 is 0 Å². The van der Waals surface area contributed by atoms with Crippen molar-refractivity contribution in [1.29, 1.82) is 0 Å². The van der Waals surface area contributed by atoms with Gasteiger partial charge in [0, 0.05) is 24.1 Å². The molecule has 0 radical (unpaired) electrons. The van der Waals surface area contributed by atoms with Crippen molar-refractivity contribution in [2.45, 2.75) is 37.1 Å². The number of ether oxygens (including phenoxy) is 1. The molecule has 1 heterocycles. The summed E-state index contributed by atoms with van der Waals surface area (Å²) in [5.41, 5.74) is 0.432. The van der Waals surface area contributed by atoms with Crippen LogP contribution in [0.2, 0.25) is 10.0 Å². The fourth-order valence-corrected chi connectivity index (χ4v) is 3.87. The summed E-state index contributed by atoms with van der Waals surface area (Å²) in [6, 6.07) is 14.1. The van der Waals surface area contributed by atoms with Crippen LogP contribution < -0.4 is 5.32 Å². The number of alkyl halides is 1. The maximum Gasteiger partial charge on any atom is 0.319 e. The number of carbonyl (C=O) groups excluding carboxylic acids is 1. The van der Waals surface area contributed by atoms with Crippen molar-refractivity contribution < 1.29 is 14.6 Å². The highest BCUT2D eigenvalue weighted by atomic mass is 35.5. The van der Waals surface area contributed by atoms with E-state index in [9.17, 15) is 9.90 Å². The second-order valence-corrected chi connectivity index (χ2v) is 8.91. The Morgan fingerprint density at radius 2 is 1.90 bits per heavy atom. The Balaban J connectivity index is 1.91. The number of carbonyl (C=O) groups is 1. The Labute approximate surface area is 185 Å². The van der Waals surface area contributed by atoms with Crippen molar-refractivity contribution >= 4 is 40.8 Å². The number of hydrogen-bond donors (Lipinski definition) is 2. The van der Waals surface area contributed by atoms with Crippen LogP contribution in [-0.2, 0) is 9.80 Å². The van der Waals surface area contributed by atoms with Crippen molar-refractivity contribution in [2.24, 2.45) is 0 Å². The van der Waals surface area contributed by atoms with E-state index in [0.29, 0.717) is 34.1 Å². The smallest absolute Gasteiger partial charge is 0.319 e. The lowest BCUT2D eigenvalue weighted by molar-refractivity contribution is -0.137. The van der Waals surface area contributed by atoms with E-state index in [1.54, 1.807) is 32.0 Å². The molecular weight excluding hydrogens is 435 g/mol. The SMILES string of the molecule is CC(C)(CO)NC(=O)N1CCC1OC(Cl)(c1ccccc1)c1cccc(Cl)c1Cl. The van der Waals surface area contributed by atoms with Gasteiger partial charge in [0.15, 0.2) is 5.06 Å². The highest BCUT2D eigenvalue weighted by Crippen LogP contribution is 2.45. The molecule has 0 spiro atoms. The van der Waals surface area contributed by atoms with Crippen molar-refractivity contribution in [1.82, 2.24) is 10.2 Å². The molecule has 2 unspecified atom stereocenters. The summed E-state index contributed by atoms with van der Waals surface area (Å²) in [6.45, 7) is 3.81. The van der Waals surface area contributed by atoms with E-state index in [1.807, 2.05) is 30.3 Å². The summed E-state index contributed by atoms with van der Waals surface area (Å²) in [7, 11) is 0. The van der Waals surface area contributed by atoms with E-state index in [0.717, 1.165) is 0 Å². The molecule has 0 aromatic heterocycles. The fourth-order valence-electron chi connectivity index (χ4n) is 3.00. The van der Waals surface area contributed by atoms with Crippen molar-refractivity contribution in [3.8, 4) is 0 Å². The molecule has 8 heteroatoms. The predicted molar refractivity (Wildman–Crippen MR) is 115 cm³/mol. The second-order valence-electron chi connectivity index (χ2n) is 7.59. The van der Waals surface area contributed by atoms with Gasteiger partial charge >= 0.3 is 6.03 Å². The number of rotatable bonds is 6. The van der Waals surface area contributed by atoms with Crippen LogP contribution in [0.1, 0.15) is 31.4 Å². The van der Waals surface area contributed by atoms with Gasteiger partial charge < -0.3 is 15.2 Å². The summed E-state index contributed by atoms with van der Waals surface area (Å²) in [5, 5.41) is 11.4. The van der Waals surface area contributed by atoms with E-state index in [2.05, 4.69) is 5.32 Å². The molecule has 5 nitrogen and oxygen atoms in total. The predicted octanol–water partition coefficient (Wildman–Crippen LogP) is 4.96. The average Bonchev–Trinajstić information content (AvgIpc) is 2.67. The monoisotopic (exact) mass is 456 g/mol. The first kappa shape index (κ1) is 22.2. The molecule has 2 amide bonds. The molecule has 2 N–H and O–H groups in total. The van der Waals surface area contributed by atoms with Gasteiger partial charge in [-0.1, -0.05) is 77.3 Å². The molecule has 156 valence electrons. The molecule has 0 bridgehead atoms. The third-order valence-corrected chi connectivity index (χ3v) is 6.14. The number of likely N-dealkylation sites (tertiary alicyclic amines) is 1. The van der Waals surface area contributed by atoms with Gasteiger partial charge in [-0.2, -0.15) is 0 Å². The minimum atomic E-state index is -1.43. The topological polar surface area (TPSA) is 61.8 Å². The van der Waals surface area contributed by atoms with Gasteiger partial charge in [-0.15, -0.1) is 0 Å². The first-order chi connectivity index (χ1) is 13.7. The zero-order chi connectivity index (χ0) is 21.2. The van der Waals surface area contributed by atoms with Crippen LogP contribution in [0.15, 0.2) is 48.5 Å². The Hall–Kier alpha value is -1.50. The second kappa shape index (κ2) is 8.70. The first-order valence-corrected chi connectivity index (χ1v) is 10.4. The van der Waals surface area contributed by atoms with E-state index in [-0.39, 0.29) is 12.6 Å². The summed E-state index contributed by atoms with van der Waals surface area (Å²) >= 11 is 19.7. The van der Waals surface area contributed by atoms with Gasteiger partial charge in [0.25, 0.3) is 0 Å². The highest BCUT2D eigenvalue weighted by molar-refractivity contribution is 6.43. The molecule has 1 aliphatic rings. The zero-order valence-electron chi connectivity index (χ0n) is 16.2. The lowest BCUT2D eigenvalue weighted by Crippen LogP contribution is -2.61. The lowest BCUT2D eigenvalue weighted by Gasteiger charge is -2.45. The van der Waals surface area contributed by atoms with Crippen LogP contribution in [0.4, 0.5) is 4.79 Å². The Morgan fingerprint density at radius 1 is 1.21 bits per heavy atom. The molecule has 2 aromatic rings. The highest BCUT2D eigenvalue weighted by Gasteiger charge is 2.44. The van der Waals surface area contributed by atoms with Gasteiger partial charge in [0.05, 0.1) is 22.2 Å². The summed E-state index contributed by atoms with van der Waals surface area (Å²) < 4.78 is 6.29. The number of aliphatic hydroxyl groups is 1. The fraction of sp³-hybridized carbons (Fsp3) is 0.381. The van der Waals surface area contributed by atoms with E-state index in [1.165, 1.54) is 4.90 Å². The maximum absolute atomic E-state index is 12.6. The number of aliphatic hydroxyl groups excluding tert-OH is 1. The minimum Gasteiger partial charge on any atom is -0.394 e. The van der Waals surface area contributed by atoms with Gasteiger partial charge in [-0.3, -0.25) is 4.90 Å². The zero-order valence-corrected chi connectivity index (χ0v) is 18.4. The van der Waals surface area contributed by atoms with E-state index in [4.69, 9.17) is 39.5 Å². The van der Waals surface area contributed by atoms with Crippen molar-refractivity contribution in [3.63, 3.8) is 0 Å². The molecule has 2 atom stereocenters. The number of benzene rings is 2. The standard InChI is InChI=1S/C21H23Cl3N2O3/c1-20(2,13-27)25-19(28)26-12-11-17(26)29-21(24,14-7-4-3-5-8-14)15-9-6-10-16(22)18(15)23/h3-10,17,27H,11-13H2,1-2H3,(H,25,28). The summed E-state index contributed by atoms with van der Waals surface area (Å²) in [6.07, 6.45) is 0.0594. The normalized spacial score (nSPS) is 18.7. The number of halogens is 3.